The van der Waals surface area contributed by atoms with Gasteiger partial charge in [-0.1, -0.05) is 13.8 Å². The number of hydrogen-bond acceptors (Lipinski definition) is 5. The van der Waals surface area contributed by atoms with Crippen LogP contribution in [-0.2, 0) is 23.6 Å². The molecule has 0 aromatic carbocycles. The minimum Gasteiger partial charge on any atom is -0.336 e. The van der Waals surface area contributed by atoms with Gasteiger partial charge in [-0.15, -0.1) is 0 Å². The van der Waals surface area contributed by atoms with E-state index in [1.165, 1.54) is 15.1 Å². The molecule has 3 rings (SSSR count). The van der Waals surface area contributed by atoms with E-state index in [-0.39, 0.29) is 22.4 Å². The second kappa shape index (κ2) is 6.14. The van der Waals surface area contributed by atoms with Gasteiger partial charge in [-0.2, -0.15) is 9.40 Å². The Kier molecular flexibility index (Phi) is 4.31. The van der Waals surface area contributed by atoms with Gasteiger partial charge < -0.3 is 4.57 Å². The summed E-state index contributed by atoms with van der Waals surface area (Å²) in [5.41, 5.74) is -0.176. The van der Waals surface area contributed by atoms with Gasteiger partial charge in [-0.25, -0.2) is 18.1 Å². The molecule has 0 N–H and O–H groups in total. The largest absolute Gasteiger partial charge is 0.336 e. The molecule has 9 heteroatoms. The van der Waals surface area contributed by atoms with Crippen LogP contribution >= 0.6 is 0 Å². The quantitative estimate of drug-likeness (QED) is 0.779. The van der Waals surface area contributed by atoms with Crippen LogP contribution in [0.25, 0.3) is 0 Å². The first-order valence-electron chi connectivity index (χ1n) is 7.84. The van der Waals surface area contributed by atoms with Crippen molar-refractivity contribution < 1.29 is 8.42 Å². The fraction of sp³-hybridized carbons (Fsp3) is 0.533. The molecule has 2 aromatic heterocycles. The van der Waals surface area contributed by atoms with Gasteiger partial charge in [-0.3, -0.25) is 4.79 Å². The number of nitrogens with zero attached hydrogens (tertiary/aromatic N) is 5. The van der Waals surface area contributed by atoms with E-state index in [9.17, 15) is 13.2 Å². The van der Waals surface area contributed by atoms with Gasteiger partial charge in [0.05, 0.1) is 6.54 Å². The zero-order valence-electron chi connectivity index (χ0n) is 14.0. The van der Waals surface area contributed by atoms with Crippen LogP contribution in [0.3, 0.4) is 0 Å². The van der Waals surface area contributed by atoms with Crippen LogP contribution in [0.15, 0.2) is 34.3 Å². The number of sulfonamides is 1. The summed E-state index contributed by atoms with van der Waals surface area (Å²) < 4.78 is 29.8. The molecule has 1 saturated heterocycles. The lowest BCUT2D eigenvalue weighted by Crippen LogP contribution is -2.52. The maximum Gasteiger partial charge on any atom is 0.266 e. The topological polar surface area (TPSA) is 90.1 Å². The summed E-state index contributed by atoms with van der Waals surface area (Å²) in [7, 11) is -1.78. The van der Waals surface area contributed by atoms with E-state index in [2.05, 4.69) is 10.1 Å². The molecular formula is C15H21N5O3S. The standard InChI is InChI=1S/C15H21N5O3S/c1-11(2)15-17-13(10-18(15)3)24(22,23)19-7-12(8-19)9-20-14(21)5-4-6-16-20/h4-6,10-12H,7-9H2,1-3H3. The molecule has 0 atom stereocenters. The predicted octanol–water partition coefficient (Wildman–Crippen LogP) is 0.421. The van der Waals surface area contributed by atoms with E-state index < -0.39 is 10.0 Å². The third-order valence-electron chi connectivity index (χ3n) is 4.15. The highest BCUT2D eigenvalue weighted by molar-refractivity contribution is 7.89. The van der Waals surface area contributed by atoms with Gasteiger partial charge >= 0.3 is 0 Å². The summed E-state index contributed by atoms with van der Waals surface area (Å²) in [6, 6.07) is 3.03. The van der Waals surface area contributed by atoms with Crippen LogP contribution in [0.5, 0.6) is 0 Å². The van der Waals surface area contributed by atoms with E-state index in [1.807, 2.05) is 13.8 Å². The van der Waals surface area contributed by atoms with Crippen LogP contribution in [-0.4, -0.2) is 45.1 Å². The molecule has 0 amide bonds. The van der Waals surface area contributed by atoms with Crippen molar-refractivity contribution in [1.29, 1.82) is 0 Å². The van der Waals surface area contributed by atoms with E-state index in [1.54, 1.807) is 30.1 Å². The number of aryl methyl sites for hydroxylation is 1. The maximum absolute atomic E-state index is 12.6. The minimum atomic E-state index is -3.58. The van der Waals surface area contributed by atoms with Crippen molar-refractivity contribution >= 4 is 10.0 Å². The molecule has 0 radical (unpaired) electrons. The molecule has 1 fully saturated rings. The van der Waals surface area contributed by atoms with Crippen LogP contribution < -0.4 is 5.56 Å². The Balaban J connectivity index is 1.69. The van der Waals surface area contributed by atoms with Crippen molar-refractivity contribution in [2.75, 3.05) is 13.1 Å². The number of imidazole rings is 1. The summed E-state index contributed by atoms with van der Waals surface area (Å²) >= 11 is 0. The molecule has 0 saturated carbocycles. The minimum absolute atomic E-state index is 0.0839. The number of aromatic nitrogens is 4. The van der Waals surface area contributed by atoms with Crippen LogP contribution in [0, 0.1) is 5.92 Å². The van der Waals surface area contributed by atoms with Crippen LogP contribution in [0.1, 0.15) is 25.6 Å². The average Bonchev–Trinajstić information content (AvgIpc) is 2.87. The Labute approximate surface area is 140 Å². The van der Waals surface area contributed by atoms with Crippen LogP contribution in [0.4, 0.5) is 0 Å². The lowest BCUT2D eigenvalue weighted by atomic mass is 10.0. The predicted molar refractivity (Wildman–Crippen MR) is 88.0 cm³/mol. The molecule has 130 valence electrons. The van der Waals surface area contributed by atoms with Crippen molar-refractivity contribution in [3.05, 3.63) is 40.7 Å². The molecule has 0 bridgehead atoms. The Morgan fingerprint density at radius 1 is 1.33 bits per heavy atom. The number of rotatable bonds is 5. The molecule has 2 aromatic rings. The monoisotopic (exact) mass is 351 g/mol. The molecule has 1 aliphatic rings. The Morgan fingerprint density at radius 3 is 2.62 bits per heavy atom. The summed E-state index contributed by atoms with van der Waals surface area (Å²) in [4.78, 5) is 15.9. The lowest BCUT2D eigenvalue weighted by Gasteiger charge is -2.37. The first-order chi connectivity index (χ1) is 11.3. The maximum atomic E-state index is 12.6. The summed E-state index contributed by atoms with van der Waals surface area (Å²) in [6.45, 7) is 5.12. The molecule has 0 spiro atoms. The first kappa shape index (κ1) is 16.8. The van der Waals surface area contributed by atoms with Gasteiger partial charge in [0, 0.05) is 50.4 Å². The van der Waals surface area contributed by atoms with Gasteiger partial charge in [0.25, 0.3) is 15.6 Å². The molecule has 8 nitrogen and oxygen atoms in total. The highest BCUT2D eigenvalue weighted by Crippen LogP contribution is 2.26. The summed E-state index contributed by atoms with van der Waals surface area (Å²) in [5.74, 6) is 0.977. The van der Waals surface area contributed by atoms with E-state index in [0.29, 0.717) is 19.6 Å². The molecule has 3 heterocycles. The third kappa shape index (κ3) is 3.01. The number of hydrogen-bond donors (Lipinski definition) is 0. The molecular weight excluding hydrogens is 330 g/mol. The van der Waals surface area contributed by atoms with Gasteiger partial charge in [0.2, 0.25) is 0 Å². The average molecular weight is 351 g/mol. The van der Waals surface area contributed by atoms with E-state index >= 15 is 0 Å². The molecule has 0 unspecified atom stereocenters. The molecule has 0 aliphatic carbocycles. The third-order valence-corrected chi connectivity index (χ3v) is 5.85. The fourth-order valence-electron chi connectivity index (χ4n) is 2.85. The van der Waals surface area contributed by atoms with E-state index in [0.717, 1.165) is 5.82 Å². The van der Waals surface area contributed by atoms with Crippen LogP contribution in [0.2, 0.25) is 0 Å². The lowest BCUT2D eigenvalue weighted by molar-refractivity contribution is 0.172. The van der Waals surface area contributed by atoms with Gasteiger partial charge in [0.15, 0.2) is 5.03 Å². The second-order valence-corrected chi connectivity index (χ2v) is 8.32. The van der Waals surface area contributed by atoms with Gasteiger partial charge in [0.1, 0.15) is 5.82 Å². The molecule has 24 heavy (non-hydrogen) atoms. The first-order valence-corrected chi connectivity index (χ1v) is 9.28. The fourth-order valence-corrected chi connectivity index (χ4v) is 4.43. The van der Waals surface area contributed by atoms with Gasteiger partial charge in [-0.05, 0) is 6.07 Å². The van der Waals surface area contributed by atoms with Crippen molar-refractivity contribution in [3.63, 3.8) is 0 Å². The Morgan fingerprint density at radius 2 is 2.04 bits per heavy atom. The highest BCUT2D eigenvalue weighted by Gasteiger charge is 2.38. The van der Waals surface area contributed by atoms with Crippen molar-refractivity contribution in [2.45, 2.75) is 31.3 Å². The highest BCUT2D eigenvalue weighted by atomic mass is 32.2. The normalized spacial score (nSPS) is 16.5. The molecule has 1 aliphatic heterocycles. The van der Waals surface area contributed by atoms with E-state index in [4.69, 9.17) is 0 Å². The Hall–Kier alpha value is -2.00. The van der Waals surface area contributed by atoms with Crippen molar-refractivity contribution in [2.24, 2.45) is 13.0 Å². The van der Waals surface area contributed by atoms with Crippen molar-refractivity contribution in [1.82, 2.24) is 23.6 Å². The second-order valence-electron chi connectivity index (χ2n) is 6.43. The Bertz CT molecular complexity index is 894. The smallest absolute Gasteiger partial charge is 0.266 e. The summed E-state index contributed by atoms with van der Waals surface area (Å²) in [5, 5.41) is 4.09. The zero-order valence-corrected chi connectivity index (χ0v) is 14.8. The SMILES string of the molecule is CC(C)c1nc(S(=O)(=O)N2CC(Cn3ncccc3=O)C2)cn1C. The van der Waals surface area contributed by atoms with Crippen molar-refractivity contribution in [3.8, 4) is 0 Å². The summed E-state index contributed by atoms with van der Waals surface area (Å²) in [6.07, 6.45) is 3.11. The zero-order chi connectivity index (χ0) is 17.5.